The molecular weight excluding hydrogens is 230 g/mol. The fourth-order valence-electron chi connectivity index (χ4n) is 4.72. The molecule has 0 radical (unpaired) electrons. The van der Waals surface area contributed by atoms with E-state index in [1.165, 1.54) is 38.8 Å². The van der Waals surface area contributed by atoms with Crippen LogP contribution >= 0.6 is 0 Å². The lowest BCUT2D eigenvalue weighted by molar-refractivity contribution is 0.00903. The first-order valence-corrected chi connectivity index (χ1v) is 8.00. The van der Waals surface area contributed by atoms with Gasteiger partial charge >= 0.3 is 0 Å². The van der Waals surface area contributed by atoms with Gasteiger partial charge in [0.05, 0.1) is 0 Å². The van der Waals surface area contributed by atoms with E-state index in [2.05, 4.69) is 49.5 Å². The van der Waals surface area contributed by atoms with Gasteiger partial charge in [-0.1, -0.05) is 57.0 Å². The van der Waals surface area contributed by atoms with Crippen molar-refractivity contribution in [2.75, 3.05) is 13.1 Å². The summed E-state index contributed by atoms with van der Waals surface area (Å²) in [6.45, 7) is 7.36. The van der Waals surface area contributed by atoms with E-state index >= 15 is 0 Å². The van der Waals surface area contributed by atoms with Gasteiger partial charge in [-0.15, -0.1) is 0 Å². The monoisotopic (exact) mass is 257 g/mol. The Morgan fingerprint density at radius 2 is 1.89 bits per heavy atom. The van der Waals surface area contributed by atoms with Crippen molar-refractivity contribution in [3.05, 3.63) is 35.9 Å². The van der Waals surface area contributed by atoms with Crippen molar-refractivity contribution in [1.29, 1.82) is 0 Å². The lowest BCUT2D eigenvalue weighted by atomic mass is 9.53. The molecule has 1 spiro atoms. The molecule has 1 saturated heterocycles. The highest BCUT2D eigenvalue weighted by atomic mass is 14.9. The van der Waals surface area contributed by atoms with E-state index in [4.69, 9.17) is 0 Å². The van der Waals surface area contributed by atoms with Gasteiger partial charge in [0.1, 0.15) is 0 Å². The van der Waals surface area contributed by atoms with Crippen molar-refractivity contribution in [3.8, 4) is 0 Å². The van der Waals surface area contributed by atoms with Crippen LogP contribution in [-0.4, -0.2) is 13.1 Å². The summed E-state index contributed by atoms with van der Waals surface area (Å²) >= 11 is 0. The molecule has 1 aliphatic carbocycles. The zero-order valence-corrected chi connectivity index (χ0v) is 12.4. The van der Waals surface area contributed by atoms with Crippen LogP contribution in [0.25, 0.3) is 0 Å². The Morgan fingerprint density at radius 1 is 1.11 bits per heavy atom. The summed E-state index contributed by atoms with van der Waals surface area (Å²) in [7, 11) is 0. The molecule has 1 aliphatic heterocycles. The fraction of sp³-hybridized carbons (Fsp3) is 0.667. The SMILES string of the molecule is CC1CCCC2(CCNCC2c2ccccc2)C1C. The number of rotatable bonds is 1. The second-order valence-electron chi connectivity index (χ2n) is 6.81. The van der Waals surface area contributed by atoms with Crippen molar-refractivity contribution in [3.63, 3.8) is 0 Å². The molecule has 2 fully saturated rings. The molecule has 0 bridgehead atoms. The average Bonchev–Trinajstić information content (AvgIpc) is 2.46. The number of hydrogen-bond donors (Lipinski definition) is 1. The van der Waals surface area contributed by atoms with Gasteiger partial charge in [-0.3, -0.25) is 0 Å². The van der Waals surface area contributed by atoms with Crippen molar-refractivity contribution in [2.45, 2.75) is 45.4 Å². The first-order chi connectivity index (χ1) is 9.24. The third-order valence-electron chi connectivity index (χ3n) is 6.07. The van der Waals surface area contributed by atoms with E-state index in [1.54, 1.807) is 5.56 Å². The Bertz CT molecular complexity index is 409. The van der Waals surface area contributed by atoms with E-state index in [0.717, 1.165) is 11.8 Å². The number of benzene rings is 1. The highest BCUT2D eigenvalue weighted by Crippen LogP contribution is 2.55. The lowest BCUT2D eigenvalue weighted by Gasteiger charge is -2.53. The van der Waals surface area contributed by atoms with Crippen LogP contribution in [0.2, 0.25) is 0 Å². The first kappa shape index (κ1) is 13.2. The maximum atomic E-state index is 3.64. The largest absolute Gasteiger partial charge is 0.316 e. The molecule has 1 N–H and O–H groups in total. The van der Waals surface area contributed by atoms with Gasteiger partial charge < -0.3 is 5.32 Å². The Hall–Kier alpha value is -0.820. The van der Waals surface area contributed by atoms with Gasteiger partial charge in [-0.05, 0) is 42.2 Å². The Kier molecular flexibility index (Phi) is 3.66. The maximum absolute atomic E-state index is 3.64. The summed E-state index contributed by atoms with van der Waals surface area (Å²) in [5.74, 6) is 2.45. The lowest BCUT2D eigenvalue weighted by Crippen LogP contribution is -2.50. The molecule has 1 heteroatoms. The summed E-state index contributed by atoms with van der Waals surface area (Å²) < 4.78 is 0. The van der Waals surface area contributed by atoms with Crippen molar-refractivity contribution < 1.29 is 0 Å². The summed E-state index contributed by atoms with van der Waals surface area (Å²) in [5, 5.41) is 3.64. The molecule has 1 nitrogen and oxygen atoms in total. The van der Waals surface area contributed by atoms with Gasteiger partial charge in [0.2, 0.25) is 0 Å². The Labute approximate surface area is 117 Å². The predicted octanol–water partition coefficient (Wildman–Crippen LogP) is 4.21. The quantitative estimate of drug-likeness (QED) is 0.795. The van der Waals surface area contributed by atoms with Gasteiger partial charge in [0.25, 0.3) is 0 Å². The highest BCUT2D eigenvalue weighted by molar-refractivity contribution is 5.24. The molecule has 1 saturated carbocycles. The zero-order valence-electron chi connectivity index (χ0n) is 12.4. The average molecular weight is 257 g/mol. The van der Waals surface area contributed by atoms with Crippen molar-refractivity contribution >= 4 is 0 Å². The van der Waals surface area contributed by atoms with E-state index in [9.17, 15) is 0 Å². The molecule has 1 aromatic carbocycles. The Balaban J connectivity index is 1.96. The van der Waals surface area contributed by atoms with Crippen LogP contribution in [0.5, 0.6) is 0 Å². The molecule has 4 atom stereocenters. The minimum atomic E-state index is 0.546. The van der Waals surface area contributed by atoms with Crippen LogP contribution < -0.4 is 5.32 Å². The third-order valence-corrected chi connectivity index (χ3v) is 6.07. The van der Waals surface area contributed by atoms with E-state index < -0.39 is 0 Å². The molecule has 1 heterocycles. The Morgan fingerprint density at radius 3 is 2.68 bits per heavy atom. The van der Waals surface area contributed by atoms with Crippen LogP contribution in [0.3, 0.4) is 0 Å². The minimum absolute atomic E-state index is 0.546. The zero-order chi connectivity index (χ0) is 13.3. The van der Waals surface area contributed by atoms with Gasteiger partial charge in [-0.2, -0.15) is 0 Å². The second-order valence-corrected chi connectivity index (χ2v) is 6.81. The first-order valence-electron chi connectivity index (χ1n) is 8.00. The molecule has 1 aromatic rings. The maximum Gasteiger partial charge on any atom is 0.00256 e. The summed E-state index contributed by atoms with van der Waals surface area (Å²) in [6.07, 6.45) is 5.64. The smallest absolute Gasteiger partial charge is 0.00256 e. The minimum Gasteiger partial charge on any atom is -0.316 e. The molecule has 104 valence electrons. The standard InChI is InChI=1S/C18H27N/c1-14-7-6-10-18(15(14)2)11-12-19-13-17(18)16-8-4-3-5-9-16/h3-5,8-9,14-15,17,19H,6-7,10-13H2,1-2H3. The third kappa shape index (κ3) is 2.23. The molecule has 0 aromatic heterocycles. The number of piperidine rings is 1. The van der Waals surface area contributed by atoms with Gasteiger partial charge in [0, 0.05) is 12.5 Å². The van der Waals surface area contributed by atoms with Crippen molar-refractivity contribution in [2.24, 2.45) is 17.3 Å². The highest BCUT2D eigenvalue weighted by Gasteiger charge is 2.48. The fourth-order valence-corrected chi connectivity index (χ4v) is 4.72. The predicted molar refractivity (Wildman–Crippen MR) is 81.3 cm³/mol. The topological polar surface area (TPSA) is 12.0 Å². The van der Waals surface area contributed by atoms with Gasteiger partial charge in [-0.25, -0.2) is 0 Å². The van der Waals surface area contributed by atoms with E-state index in [-0.39, 0.29) is 0 Å². The normalized spacial score (nSPS) is 39.4. The van der Waals surface area contributed by atoms with Crippen LogP contribution in [0, 0.1) is 17.3 Å². The van der Waals surface area contributed by atoms with Crippen LogP contribution in [0.1, 0.15) is 51.0 Å². The number of nitrogens with one attached hydrogen (secondary N) is 1. The van der Waals surface area contributed by atoms with Crippen LogP contribution in [-0.2, 0) is 0 Å². The molecule has 0 amide bonds. The van der Waals surface area contributed by atoms with Crippen molar-refractivity contribution in [1.82, 2.24) is 5.32 Å². The molecular formula is C18H27N. The van der Waals surface area contributed by atoms with Crippen LogP contribution in [0.4, 0.5) is 0 Å². The molecule has 4 unspecified atom stereocenters. The molecule has 2 aliphatic rings. The summed E-state index contributed by atoms with van der Waals surface area (Å²) in [5.41, 5.74) is 2.10. The van der Waals surface area contributed by atoms with E-state index in [0.29, 0.717) is 11.3 Å². The molecule has 19 heavy (non-hydrogen) atoms. The molecule has 3 rings (SSSR count). The van der Waals surface area contributed by atoms with Crippen LogP contribution in [0.15, 0.2) is 30.3 Å². The van der Waals surface area contributed by atoms with E-state index in [1.807, 2.05) is 0 Å². The second kappa shape index (κ2) is 5.28. The summed E-state index contributed by atoms with van der Waals surface area (Å²) in [4.78, 5) is 0. The summed E-state index contributed by atoms with van der Waals surface area (Å²) in [6, 6.07) is 11.2. The van der Waals surface area contributed by atoms with Gasteiger partial charge in [0.15, 0.2) is 0 Å². The number of hydrogen-bond acceptors (Lipinski definition) is 1.